The molecule has 2 heterocycles. The number of carboxylic acid groups (broad SMARTS) is 1. The van der Waals surface area contributed by atoms with E-state index in [0.29, 0.717) is 24.7 Å². The number of hydrogen-bond donors (Lipinski definition) is 1. The number of methoxy groups -OCH3 is 1. The topological polar surface area (TPSA) is 76.8 Å². The summed E-state index contributed by atoms with van der Waals surface area (Å²) in [6, 6.07) is 7.46. The highest BCUT2D eigenvalue weighted by atomic mass is 16.5. The fourth-order valence-corrected chi connectivity index (χ4v) is 2.74. The lowest BCUT2D eigenvalue weighted by Gasteiger charge is -2.29. The molecule has 3 rings (SSSR count). The van der Waals surface area contributed by atoms with E-state index in [-0.39, 0.29) is 5.69 Å². The van der Waals surface area contributed by atoms with Crippen LogP contribution in [-0.2, 0) is 11.8 Å². The smallest absolute Gasteiger partial charge is 0.356 e. The van der Waals surface area contributed by atoms with Gasteiger partial charge in [-0.15, -0.1) is 0 Å². The monoisotopic (exact) mass is 317 g/mol. The number of aryl methyl sites for hydroxylation is 1. The number of aromatic nitrogens is 2. The van der Waals surface area contributed by atoms with Crippen LogP contribution in [0.2, 0.25) is 0 Å². The zero-order valence-corrected chi connectivity index (χ0v) is 13.2. The predicted octanol–water partition coefficient (Wildman–Crippen LogP) is 1.63. The molecular formula is C16H19N3O4. The fourth-order valence-electron chi connectivity index (χ4n) is 2.74. The van der Waals surface area contributed by atoms with E-state index < -0.39 is 5.97 Å². The molecule has 0 spiro atoms. The number of hydrogen-bond acceptors (Lipinski definition) is 5. The van der Waals surface area contributed by atoms with Gasteiger partial charge in [0.2, 0.25) is 0 Å². The molecule has 1 aliphatic rings. The molecule has 1 fully saturated rings. The van der Waals surface area contributed by atoms with E-state index >= 15 is 0 Å². The zero-order valence-electron chi connectivity index (χ0n) is 13.2. The molecule has 0 saturated carbocycles. The summed E-state index contributed by atoms with van der Waals surface area (Å²) in [6.07, 6.45) is 0. The number of benzene rings is 1. The third-order valence-electron chi connectivity index (χ3n) is 3.93. The van der Waals surface area contributed by atoms with Gasteiger partial charge in [0, 0.05) is 31.4 Å². The van der Waals surface area contributed by atoms with Crippen LogP contribution in [-0.4, -0.2) is 54.3 Å². The van der Waals surface area contributed by atoms with E-state index in [2.05, 4.69) is 10.00 Å². The van der Waals surface area contributed by atoms with Crippen molar-refractivity contribution in [2.75, 3.05) is 38.3 Å². The third kappa shape index (κ3) is 3.00. The summed E-state index contributed by atoms with van der Waals surface area (Å²) in [7, 11) is 3.32. The Kier molecular flexibility index (Phi) is 4.20. The van der Waals surface area contributed by atoms with Gasteiger partial charge in [-0.25, -0.2) is 4.79 Å². The summed E-state index contributed by atoms with van der Waals surface area (Å²) in [6.45, 7) is 3.07. The van der Waals surface area contributed by atoms with Crippen molar-refractivity contribution in [1.29, 1.82) is 0 Å². The van der Waals surface area contributed by atoms with Gasteiger partial charge in [0.1, 0.15) is 5.75 Å². The molecule has 1 aliphatic heterocycles. The number of ether oxygens (including phenoxy) is 2. The normalized spacial score (nSPS) is 14.8. The number of nitrogens with zero attached hydrogens (tertiary/aromatic N) is 3. The molecular weight excluding hydrogens is 298 g/mol. The largest absolute Gasteiger partial charge is 0.496 e. The van der Waals surface area contributed by atoms with E-state index in [0.717, 1.165) is 24.3 Å². The van der Waals surface area contributed by atoms with Gasteiger partial charge < -0.3 is 19.5 Å². The molecule has 0 amide bonds. The number of anilines is 1. The van der Waals surface area contributed by atoms with E-state index in [4.69, 9.17) is 14.6 Å². The van der Waals surface area contributed by atoms with Crippen LogP contribution in [0.5, 0.6) is 5.75 Å². The predicted molar refractivity (Wildman–Crippen MR) is 85.2 cm³/mol. The number of carboxylic acids is 1. The van der Waals surface area contributed by atoms with Crippen LogP contribution in [0.1, 0.15) is 10.5 Å². The molecule has 122 valence electrons. The Hall–Kier alpha value is -2.54. The van der Waals surface area contributed by atoms with Crippen molar-refractivity contribution in [2.24, 2.45) is 7.05 Å². The fraction of sp³-hybridized carbons (Fsp3) is 0.375. The quantitative estimate of drug-likeness (QED) is 0.923. The lowest BCUT2D eigenvalue weighted by molar-refractivity contribution is 0.0689. The van der Waals surface area contributed by atoms with Crippen molar-refractivity contribution < 1.29 is 19.4 Å². The summed E-state index contributed by atoms with van der Waals surface area (Å²) < 4.78 is 12.4. The molecule has 0 unspecified atom stereocenters. The molecule has 7 heteroatoms. The molecule has 0 radical (unpaired) electrons. The van der Waals surface area contributed by atoms with Gasteiger partial charge in [0.05, 0.1) is 26.0 Å². The van der Waals surface area contributed by atoms with Crippen molar-refractivity contribution in [1.82, 2.24) is 9.78 Å². The van der Waals surface area contributed by atoms with E-state index in [1.54, 1.807) is 24.9 Å². The first-order valence-corrected chi connectivity index (χ1v) is 7.38. The van der Waals surface area contributed by atoms with Crippen molar-refractivity contribution in [3.63, 3.8) is 0 Å². The number of morpholine rings is 1. The van der Waals surface area contributed by atoms with Gasteiger partial charge in [-0.3, -0.25) is 4.68 Å². The maximum absolute atomic E-state index is 11.1. The maximum atomic E-state index is 11.1. The molecule has 1 aromatic carbocycles. The summed E-state index contributed by atoms with van der Waals surface area (Å²) >= 11 is 0. The Labute approximate surface area is 134 Å². The van der Waals surface area contributed by atoms with Crippen molar-refractivity contribution in [2.45, 2.75) is 0 Å². The van der Waals surface area contributed by atoms with E-state index in [1.165, 1.54) is 0 Å². The highest BCUT2D eigenvalue weighted by molar-refractivity contribution is 5.87. The Morgan fingerprint density at radius 1 is 1.30 bits per heavy atom. The van der Waals surface area contributed by atoms with Crippen molar-refractivity contribution >= 4 is 11.7 Å². The second kappa shape index (κ2) is 6.29. The Bertz CT molecular complexity index is 720. The minimum absolute atomic E-state index is 0.0151. The minimum Gasteiger partial charge on any atom is -0.496 e. The van der Waals surface area contributed by atoms with Crippen LogP contribution in [0.25, 0.3) is 11.3 Å². The summed E-state index contributed by atoms with van der Waals surface area (Å²) in [5, 5.41) is 13.2. The molecule has 0 atom stereocenters. The highest BCUT2D eigenvalue weighted by Gasteiger charge is 2.18. The lowest BCUT2D eigenvalue weighted by Crippen LogP contribution is -2.36. The van der Waals surface area contributed by atoms with Crippen LogP contribution >= 0.6 is 0 Å². The third-order valence-corrected chi connectivity index (χ3v) is 3.93. The first kappa shape index (κ1) is 15.4. The van der Waals surface area contributed by atoms with Crippen LogP contribution in [0.15, 0.2) is 24.3 Å². The first-order chi connectivity index (χ1) is 11.1. The lowest BCUT2D eigenvalue weighted by atomic mass is 10.1. The molecule has 1 aromatic heterocycles. The summed E-state index contributed by atoms with van der Waals surface area (Å²) in [4.78, 5) is 13.4. The van der Waals surface area contributed by atoms with E-state index in [1.807, 2.05) is 18.2 Å². The molecule has 2 aromatic rings. The first-order valence-electron chi connectivity index (χ1n) is 7.38. The van der Waals surface area contributed by atoms with Gasteiger partial charge in [-0.1, -0.05) is 0 Å². The van der Waals surface area contributed by atoms with Crippen LogP contribution < -0.4 is 9.64 Å². The second-order valence-electron chi connectivity index (χ2n) is 5.33. The Morgan fingerprint density at radius 3 is 2.65 bits per heavy atom. The van der Waals surface area contributed by atoms with Gasteiger partial charge in [-0.2, -0.15) is 5.10 Å². The molecule has 23 heavy (non-hydrogen) atoms. The second-order valence-corrected chi connectivity index (χ2v) is 5.33. The molecule has 1 saturated heterocycles. The summed E-state index contributed by atoms with van der Waals surface area (Å²) in [5.74, 6) is -0.364. The van der Waals surface area contributed by atoms with Crippen LogP contribution in [0, 0.1) is 0 Å². The average molecular weight is 317 g/mol. The van der Waals surface area contributed by atoms with Crippen LogP contribution in [0.4, 0.5) is 5.69 Å². The zero-order chi connectivity index (χ0) is 16.4. The van der Waals surface area contributed by atoms with Gasteiger partial charge in [-0.05, 0) is 24.3 Å². The molecule has 1 N–H and O–H groups in total. The standard InChI is InChI=1S/C16H19N3O4/c1-18-14(10-13(17-18)16(20)21)12-9-11(3-4-15(12)22-2)19-5-7-23-8-6-19/h3-4,9-10H,5-8H2,1-2H3,(H,20,21). The molecule has 0 bridgehead atoms. The summed E-state index contributed by atoms with van der Waals surface area (Å²) in [5.41, 5.74) is 2.59. The highest BCUT2D eigenvalue weighted by Crippen LogP contribution is 2.34. The minimum atomic E-state index is -1.05. The van der Waals surface area contributed by atoms with Crippen molar-refractivity contribution in [3.05, 3.63) is 30.0 Å². The van der Waals surface area contributed by atoms with Crippen molar-refractivity contribution in [3.8, 4) is 17.0 Å². The molecule has 0 aliphatic carbocycles. The SMILES string of the molecule is COc1ccc(N2CCOCC2)cc1-c1cc(C(=O)O)nn1C. The van der Waals surface area contributed by atoms with Crippen LogP contribution in [0.3, 0.4) is 0 Å². The number of carbonyl (C=O) groups is 1. The van der Waals surface area contributed by atoms with Gasteiger partial charge >= 0.3 is 5.97 Å². The van der Waals surface area contributed by atoms with Gasteiger partial charge in [0.25, 0.3) is 0 Å². The Morgan fingerprint density at radius 2 is 2.04 bits per heavy atom. The van der Waals surface area contributed by atoms with E-state index in [9.17, 15) is 4.79 Å². The number of aromatic carboxylic acids is 1. The Balaban J connectivity index is 2.04. The van der Waals surface area contributed by atoms with Gasteiger partial charge in [0.15, 0.2) is 5.69 Å². The number of rotatable bonds is 4. The average Bonchev–Trinajstić information content (AvgIpc) is 2.97. The molecule has 7 nitrogen and oxygen atoms in total. The maximum Gasteiger partial charge on any atom is 0.356 e.